The van der Waals surface area contributed by atoms with Crippen LogP contribution in [0.2, 0.25) is 10.0 Å². The van der Waals surface area contributed by atoms with Gasteiger partial charge in [-0.1, -0.05) is 29.3 Å². The minimum absolute atomic E-state index is 0.206. The van der Waals surface area contributed by atoms with E-state index in [9.17, 15) is 4.79 Å². The Morgan fingerprint density at radius 2 is 1.95 bits per heavy atom. The summed E-state index contributed by atoms with van der Waals surface area (Å²) in [6.45, 7) is 5.14. The van der Waals surface area contributed by atoms with Gasteiger partial charge in [0, 0.05) is 12.6 Å². The second-order valence-corrected chi connectivity index (χ2v) is 5.24. The molecule has 0 bridgehead atoms. The van der Waals surface area contributed by atoms with Gasteiger partial charge in [0.05, 0.1) is 16.6 Å². The van der Waals surface area contributed by atoms with Crippen LogP contribution in [0.4, 0.5) is 0 Å². The average Bonchev–Trinajstić information content (AvgIpc) is 2.30. The van der Waals surface area contributed by atoms with Crippen LogP contribution in [-0.2, 0) is 4.79 Å². The lowest BCUT2D eigenvalue weighted by Gasteiger charge is -2.24. The number of carbonyl (C=O) groups is 1. The maximum Gasteiger partial charge on any atom is 0.231 e. The van der Waals surface area contributed by atoms with Gasteiger partial charge >= 0.3 is 0 Å². The number of hydrogen-bond acceptors (Lipinski definition) is 3. The number of ether oxygens (including phenoxy) is 1. The minimum Gasteiger partial charge on any atom is -0.489 e. The molecule has 2 N–H and O–H groups in total. The van der Waals surface area contributed by atoms with Crippen molar-refractivity contribution in [2.24, 2.45) is 5.73 Å². The molecule has 4 nitrogen and oxygen atoms in total. The van der Waals surface area contributed by atoms with Gasteiger partial charge in [-0.2, -0.15) is 0 Å². The zero-order valence-corrected chi connectivity index (χ0v) is 12.5. The van der Waals surface area contributed by atoms with Crippen molar-refractivity contribution in [1.82, 2.24) is 4.90 Å². The molecule has 0 atom stereocenters. The SMILES string of the molecule is CC(C)N(CCOc1c(Cl)cccc1Cl)CC(N)=O. The first kappa shape index (κ1) is 16.1. The lowest BCUT2D eigenvalue weighted by molar-refractivity contribution is -0.119. The van der Waals surface area contributed by atoms with Gasteiger partial charge in [-0.05, 0) is 26.0 Å². The summed E-state index contributed by atoms with van der Waals surface area (Å²) in [5.74, 6) is 0.109. The van der Waals surface area contributed by atoms with Crippen molar-refractivity contribution in [3.63, 3.8) is 0 Å². The summed E-state index contributed by atoms with van der Waals surface area (Å²) in [5.41, 5.74) is 5.20. The fourth-order valence-corrected chi connectivity index (χ4v) is 2.11. The predicted octanol–water partition coefficient (Wildman–Crippen LogP) is 2.57. The molecule has 0 aliphatic heterocycles. The van der Waals surface area contributed by atoms with E-state index in [4.69, 9.17) is 33.7 Å². The molecule has 0 heterocycles. The van der Waals surface area contributed by atoms with E-state index in [1.54, 1.807) is 18.2 Å². The normalized spacial score (nSPS) is 11.1. The summed E-state index contributed by atoms with van der Waals surface area (Å²) in [7, 11) is 0. The molecular weight excluding hydrogens is 287 g/mol. The highest BCUT2D eigenvalue weighted by atomic mass is 35.5. The number of rotatable bonds is 7. The van der Waals surface area contributed by atoms with Crippen LogP contribution in [0.1, 0.15) is 13.8 Å². The van der Waals surface area contributed by atoms with Crippen molar-refractivity contribution >= 4 is 29.1 Å². The maximum absolute atomic E-state index is 11.0. The third kappa shape index (κ3) is 5.27. The summed E-state index contributed by atoms with van der Waals surface area (Å²) >= 11 is 12.0. The van der Waals surface area contributed by atoms with Crippen molar-refractivity contribution in [3.8, 4) is 5.75 Å². The zero-order chi connectivity index (χ0) is 14.4. The van der Waals surface area contributed by atoms with E-state index in [-0.39, 0.29) is 18.5 Å². The van der Waals surface area contributed by atoms with Crippen molar-refractivity contribution in [2.75, 3.05) is 19.7 Å². The number of primary amides is 1. The third-order valence-electron chi connectivity index (χ3n) is 2.63. The van der Waals surface area contributed by atoms with Gasteiger partial charge in [0.1, 0.15) is 6.61 Å². The van der Waals surface area contributed by atoms with Crippen molar-refractivity contribution in [1.29, 1.82) is 0 Å². The van der Waals surface area contributed by atoms with Crippen LogP contribution < -0.4 is 10.5 Å². The highest BCUT2D eigenvalue weighted by Gasteiger charge is 2.13. The Morgan fingerprint density at radius 1 is 1.37 bits per heavy atom. The fourth-order valence-electron chi connectivity index (χ4n) is 1.61. The van der Waals surface area contributed by atoms with Crippen molar-refractivity contribution < 1.29 is 9.53 Å². The number of amides is 1. The number of benzene rings is 1. The topological polar surface area (TPSA) is 55.6 Å². The van der Waals surface area contributed by atoms with Gasteiger partial charge in [-0.25, -0.2) is 0 Å². The molecule has 0 fully saturated rings. The van der Waals surface area contributed by atoms with E-state index in [2.05, 4.69) is 0 Å². The van der Waals surface area contributed by atoms with Crippen LogP contribution in [0.5, 0.6) is 5.75 Å². The number of nitrogens with two attached hydrogens (primary N) is 1. The quantitative estimate of drug-likeness (QED) is 0.842. The van der Waals surface area contributed by atoms with Crippen LogP contribution in [0, 0.1) is 0 Å². The molecule has 19 heavy (non-hydrogen) atoms. The van der Waals surface area contributed by atoms with Gasteiger partial charge in [0.15, 0.2) is 5.75 Å². The highest BCUT2D eigenvalue weighted by molar-refractivity contribution is 6.37. The highest BCUT2D eigenvalue weighted by Crippen LogP contribution is 2.32. The van der Waals surface area contributed by atoms with Crippen LogP contribution in [0.15, 0.2) is 18.2 Å². The first-order valence-electron chi connectivity index (χ1n) is 6.01. The summed E-state index contributed by atoms with van der Waals surface area (Å²) in [6, 6.07) is 5.39. The molecule has 106 valence electrons. The monoisotopic (exact) mass is 304 g/mol. The summed E-state index contributed by atoms with van der Waals surface area (Å²) in [6.07, 6.45) is 0. The Morgan fingerprint density at radius 3 is 2.42 bits per heavy atom. The molecule has 0 saturated carbocycles. The summed E-state index contributed by atoms with van der Waals surface area (Å²) in [5, 5.41) is 0.942. The Labute approximate surface area is 123 Å². The van der Waals surface area contributed by atoms with Crippen LogP contribution >= 0.6 is 23.2 Å². The lowest BCUT2D eigenvalue weighted by Crippen LogP contribution is -2.40. The van der Waals surface area contributed by atoms with E-state index < -0.39 is 0 Å². The molecule has 0 saturated heterocycles. The first-order valence-corrected chi connectivity index (χ1v) is 6.76. The number of hydrogen-bond donors (Lipinski definition) is 1. The van der Waals surface area contributed by atoms with Crippen molar-refractivity contribution in [2.45, 2.75) is 19.9 Å². The molecule has 0 spiro atoms. The van der Waals surface area contributed by atoms with Crippen LogP contribution in [0.3, 0.4) is 0 Å². The zero-order valence-electron chi connectivity index (χ0n) is 11.0. The van der Waals surface area contributed by atoms with Gasteiger partial charge in [0.2, 0.25) is 5.91 Å². The molecule has 0 radical (unpaired) electrons. The Balaban J connectivity index is 2.54. The molecule has 0 aromatic heterocycles. The average molecular weight is 305 g/mol. The molecular formula is C13H18Cl2N2O2. The summed E-state index contributed by atoms with van der Waals surface area (Å²) < 4.78 is 5.57. The Hall–Kier alpha value is -0.970. The molecule has 0 unspecified atom stereocenters. The number of carbonyl (C=O) groups excluding carboxylic acids is 1. The smallest absolute Gasteiger partial charge is 0.231 e. The van der Waals surface area contributed by atoms with E-state index >= 15 is 0 Å². The van der Waals surface area contributed by atoms with E-state index in [0.29, 0.717) is 28.9 Å². The van der Waals surface area contributed by atoms with Gasteiger partial charge in [0.25, 0.3) is 0 Å². The standard InChI is InChI=1S/C13H18Cl2N2O2/c1-9(2)17(8-12(16)18)6-7-19-13-10(14)4-3-5-11(13)15/h3-5,9H,6-8H2,1-2H3,(H2,16,18). The Kier molecular flexibility index (Phi) is 6.42. The predicted molar refractivity (Wildman–Crippen MR) is 77.9 cm³/mol. The van der Waals surface area contributed by atoms with E-state index in [1.165, 1.54) is 0 Å². The molecule has 1 amide bonds. The first-order chi connectivity index (χ1) is 8.91. The minimum atomic E-state index is -0.357. The van der Waals surface area contributed by atoms with Crippen LogP contribution in [-0.4, -0.2) is 36.5 Å². The second kappa shape index (κ2) is 7.58. The molecule has 0 aliphatic rings. The van der Waals surface area contributed by atoms with Crippen LogP contribution in [0.25, 0.3) is 0 Å². The van der Waals surface area contributed by atoms with Crippen molar-refractivity contribution in [3.05, 3.63) is 28.2 Å². The largest absolute Gasteiger partial charge is 0.489 e. The number of para-hydroxylation sites is 1. The number of halogens is 2. The van der Waals surface area contributed by atoms with Gasteiger partial charge < -0.3 is 10.5 Å². The van der Waals surface area contributed by atoms with E-state index in [0.717, 1.165) is 0 Å². The van der Waals surface area contributed by atoms with Gasteiger partial charge in [-0.15, -0.1) is 0 Å². The fraction of sp³-hybridized carbons (Fsp3) is 0.462. The third-order valence-corrected chi connectivity index (χ3v) is 3.23. The van der Waals surface area contributed by atoms with E-state index in [1.807, 2.05) is 18.7 Å². The molecule has 0 aliphatic carbocycles. The van der Waals surface area contributed by atoms with Gasteiger partial charge in [-0.3, -0.25) is 9.69 Å². The molecule has 6 heteroatoms. The molecule has 1 aromatic carbocycles. The molecule has 1 aromatic rings. The second-order valence-electron chi connectivity index (χ2n) is 4.43. The summed E-state index contributed by atoms with van der Waals surface area (Å²) in [4.78, 5) is 12.9. The maximum atomic E-state index is 11.0. The number of nitrogens with zero attached hydrogens (tertiary/aromatic N) is 1. The molecule has 1 rings (SSSR count). The Bertz CT molecular complexity index is 418. The lowest BCUT2D eigenvalue weighted by atomic mass is 10.3.